The molecule has 0 saturated carbocycles. The van der Waals surface area contributed by atoms with Crippen molar-refractivity contribution in [1.82, 2.24) is 0 Å². The largest absolute Gasteiger partial charge is 0.481 e. The van der Waals surface area contributed by atoms with Crippen LogP contribution in [0, 0.1) is 5.92 Å². The van der Waals surface area contributed by atoms with Crippen LogP contribution in [0.15, 0.2) is 0 Å². The zero-order chi connectivity index (χ0) is 9.56. The molecule has 0 aromatic heterocycles. The predicted octanol–water partition coefficient (Wildman–Crippen LogP) is 0.163. The van der Waals surface area contributed by atoms with Gasteiger partial charge in [0.1, 0.15) is 0 Å². The quantitative estimate of drug-likeness (QED) is 0.535. The van der Waals surface area contributed by atoms with Crippen molar-refractivity contribution in [3.8, 4) is 0 Å². The van der Waals surface area contributed by atoms with Crippen LogP contribution in [0.5, 0.6) is 0 Å². The standard InChI is InChI=1S/C8H18N2O2/c1-6(10)5-7(8(11)12)3-2-4-9/h6-7H,2-5,9-10H2,1H3,(H,11,12). The van der Waals surface area contributed by atoms with Crippen LogP contribution in [0.3, 0.4) is 0 Å². The van der Waals surface area contributed by atoms with E-state index in [9.17, 15) is 4.79 Å². The fourth-order valence-electron chi connectivity index (χ4n) is 1.16. The summed E-state index contributed by atoms with van der Waals surface area (Å²) < 4.78 is 0. The van der Waals surface area contributed by atoms with Crippen LogP contribution in [0.1, 0.15) is 26.2 Å². The summed E-state index contributed by atoms with van der Waals surface area (Å²) in [5.74, 6) is -1.09. The minimum atomic E-state index is -0.763. The van der Waals surface area contributed by atoms with Gasteiger partial charge in [0.2, 0.25) is 0 Å². The smallest absolute Gasteiger partial charge is 0.306 e. The molecular formula is C8H18N2O2. The molecule has 0 aliphatic rings. The van der Waals surface area contributed by atoms with E-state index in [1.165, 1.54) is 0 Å². The Morgan fingerprint density at radius 2 is 2.17 bits per heavy atom. The SMILES string of the molecule is CC(N)CC(CCCN)C(=O)O. The van der Waals surface area contributed by atoms with Gasteiger partial charge in [0.25, 0.3) is 0 Å². The Bertz CT molecular complexity index is 137. The summed E-state index contributed by atoms with van der Waals surface area (Å²) in [5, 5.41) is 8.75. The fraction of sp³-hybridized carbons (Fsp3) is 0.875. The molecule has 0 bridgehead atoms. The molecule has 5 N–H and O–H groups in total. The molecule has 0 aliphatic carbocycles. The fourth-order valence-corrected chi connectivity index (χ4v) is 1.16. The Hall–Kier alpha value is -0.610. The highest BCUT2D eigenvalue weighted by atomic mass is 16.4. The zero-order valence-electron chi connectivity index (χ0n) is 7.49. The molecule has 0 rings (SSSR count). The van der Waals surface area contributed by atoms with Gasteiger partial charge in [-0.15, -0.1) is 0 Å². The molecule has 2 unspecified atom stereocenters. The van der Waals surface area contributed by atoms with Gasteiger partial charge in [0.15, 0.2) is 0 Å². The van der Waals surface area contributed by atoms with Crippen molar-refractivity contribution < 1.29 is 9.90 Å². The average Bonchev–Trinajstić information content (AvgIpc) is 1.96. The summed E-state index contributed by atoms with van der Waals surface area (Å²) in [6.45, 7) is 2.36. The number of rotatable bonds is 6. The van der Waals surface area contributed by atoms with E-state index in [0.717, 1.165) is 6.42 Å². The van der Waals surface area contributed by atoms with Crippen molar-refractivity contribution in [2.45, 2.75) is 32.2 Å². The summed E-state index contributed by atoms with van der Waals surface area (Å²) in [5.41, 5.74) is 10.8. The van der Waals surface area contributed by atoms with E-state index in [0.29, 0.717) is 19.4 Å². The first-order valence-electron chi connectivity index (χ1n) is 4.26. The van der Waals surface area contributed by atoms with Crippen molar-refractivity contribution in [2.24, 2.45) is 17.4 Å². The molecular weight excluding hydrogens is 156 g/mol. The average molecular weight is 174 g/mol. The van der Waals surface area contributed by atoms with E-state index in [-0.39, 0.29) is 12.0 Å². The van der Waals surface area contributed by atoms with E-state index < -0.39 is 5.97 Å². The van der Waals surface area contributed by atoms with Crippen LogP contribution < -0.4 is 11.5 Å². The minimum Gasteiger partial charge on any atom is -0.481 e. The number of carboxylic acids is 1. The molecule has 0 heterocycles. The summed E-state index contributed by atoms with van der Waals surface area (Å²) in [6.07, 6.45) is 1.92. The van der Waals surface area contributed by atoms with Crippen LogP contribution in [0.25, 0.3) is 0 Å². The van der Waals surface area contributed by atoms with Gasteiger partial charge in [-0.3, -0.25) is 4.79 Å². The third-order valence-corrected chi connectivity index (χ3v) is 1.76. The monoisotopic (exact) mass is 174 g/mol. The molecule has 0 fully saturated rings. The van der Waals surface area contributed by atoms with Crippen LogP contribution in [-0.2, 0) is 4.79 Å². The summed E-state index contributed by atoms with van der Waals surface area (Å²) in [4.78, 5) is 10.6. The number of nitrogens with two attached hydrogens (primary N) is 2. The van der Waals surface area contributed by atoms with Gasteiger partial charge >= 0.3 is 5.97 Å². The van der Waals surface area contributed by atoms with Crippen molar-refractivity contribution in [3.63, 3.8) is 0 Å². The lowest BCUT2D eigenvalue weighted by Crippen LogP contribution is -2.25. The van der Waals surface area contributed by atoms with E-state index in [4.69, 9.17) is 16.6 Å². The second-order valence-electron chi connectivity index (χ2n) is 3.18. The minimum absolute atomic E-state index is 0.0520. The Labute approximate surface area is 72.9 Å². The highest BCUT2D eigenvalue weighted by Crippen LogP contribution is 2.12. The predicted molar refractivity (Wildman–Crippen MR) is 47.7 cm³/mol. The molecule has 72 valence electrons. The van der Waals surface area contributed by atoms with Crippen LogP contribution >= 0.6 is 0 Å². The summed E-state index contributed by atoms with van der Waals surface area (Å²) in [7, 11) is 0. The van der Waals surface area contributed by atoms with Crippen molar-refractivity contribution in [1.29, 1.82) is 0 Å². The molecule has 12 heavy (non-hydrogen) atoms. The molecule has 4 heteroatoms. The van der Waals surface area contributed by atoms with Gasteiger partial charge in [-0.1, -0.05) is 0 Å². The molecule has 0 aromatic rings. The molecule has 0 radical (unpaired) electrons. The lowest BCUT2D eigenvalue weighted by molar-refractivity contribution is -0.142. The lowest BCUT2D eigenvalue weighted by atomic mass is 9.96. The normalized spacial score (nSPS) is 15.6. The maximum absolute atomic E-state index is 10.6. The number of carboxylic acid groups (broad SMARTS) is 1. The topological polar surface area (TPSA) is 89.3 Å². The third kappa shape index (κ3) is 5.09. The third-order valence-electron chi connectivity index (χ3n) is 1.76. The van der Waals surface area contributed by atoms with Crippen molar-refractivity contribution in [3.05, 3.63) is 0 Å². The molecule has 0 aromatic carbocycles. The van der Waals surface area contributed by atoms with Gasteiger partial charge in [0.05, 0.1) is 5.92 Å². The highest BCUT2D eigenvalue weighted by molar-refractivity contribution is 5.69. The molecule has 0 spiro atoms. The van der Waals surface area contributed by atoms with Crippen LogP contribution in [-0.4, -0.2) is 23.7 Å². The molecule has 2 atom stereocenters. The Morgan fingerprint density at radius 3 is 2.50 bits per heavy atom. The number of hydrogen-bond donors (Lipinski definition) is 3. The van der Waals surface area contributed by atoms with Gasteiger partial charge in [-0.2, -0.15) is 0 Å². The molecule has 0 aliphatic heterocycles. The summed E-state index contributed by atoms with van der Waals surface area (Å²) >= 11 is 0. The first-order valence-corrected chi connectivity index (χ1v) is 4.26. The van der Waals surface area contributed by atoms with Gasteiger partial charge in [-0.05, 0) is 32.7 Å². The second kappa shape index (κ2) is 5.97. The first kappa shape index (κ1) is 11.4. The Balaban J connectivity index is 3.78. The van der Waals surface area contributed by atoms with E-state index in [2.05, 4.69) is 0 Å². The number of aliphatic carboxylic acids is 1. The van der Waals surface area contributed by atoms with Crippen molar-refractivity contribution in [2.75, 3.05) is 6.54 Å². The van der Waals surface area contributed by atoms with Crippen LogP contribution in [0.4, 0.5) is 0 Å². The molecule has 0 amide bonds. The van der Waals surface area contributed by atoms with E-state index >= 15 is 0 Å². The van der Waals surface area contributed by atoms with E-state index in [1.807, 2.05) is 6.92 Å². The Morgan fingerprint density at radius 1 is 1.58 bits per heavy atom. The highest BCUT2D eigenvalue weighted by Gasteiger charge is 2.17. The van der Waals surface area contributed by atoms with Crippen molar-refractivity contribution >= 4 is 5.97 Å². The molecule has 4 nitrogen and oxygen atoms in total. The maximum atomic E-state index is 10.6. The first-order chi connectivity index (χ1) is 5.57. The van der Waals surface area contributed by atoms with Gasteiger partial charge in [-0.25, -0.2) is 0 Å². The zero-order valence-corrected chi connectivity index (χ0v) is 7.49. The lowest BCUT2D eigenvalue weighted by Gasteiger charge is -2.13. The number of carbonyl (C=O) groups is 1. The van der Waals surface area contributed by atoms with Gasteiger partial charge in [0, 0.05) is 6.04 Å². The van der Waals surface area contributed by atoms with Gasteiger partial charge < -0.3 is 16.6 Å². The number of hydrogen-bond acceptors (Lipinski definition) is 3. The maximum Gasteiger partial charge on any atom is 0.306 e. The summed E-state index contributed by atoms with van der Waals surface area (Å²) in [6, 6.07) is -0.0520. The molecule has 0 saturated heterocycles. The van der Waals surface area contributed by atoms with E-state index in [1.54, 1.807) is 0 Å². The van der Waals surface area contributed by atoms with Crippen LogP contribution in [0.2, 0.25) is 0 Å². The Kier molecular flexibility index (Phi) is 5.66. The second-order valence-corrected chi connectivity index (χ2v) is 3.18.